The Bertz CT molecular complexity index is 465. The molecule has 0 aromatic heterocycles. The summed E-state index contributed by atoms with van der Waals surface area (Å²) in [4.78, 5) is 0. The maximum absolute atomic E-state index is 9.89. The number of hydrogen-bond donors (Lipinski definition) is 1. The Morgan fingerprint density at radius 3 is 2.62 bits per heavy atom. The molecular formula is C14H16O2. The first kappa shape index (κ1) is 11.1. The smallest absolute Gasteiger partial charge is 0.102 e. The van der Waals surface area contributed by atoms with Gasteiger partial charge in [-0.05, 0) is 29.3 Å². The summed E-state index contributed by atoms with van der Waals surface area (Å²) in [7, 11) is 0. The predicted molar refractivity (Wildman–Crippen MR) is 65.4 cm³/mol. The SMILES string of the molecule is CCOCC(O)c1ccc2ccccc2c1. The summed E-state index contributed by atoms with van der Waals surface area (Å²) in [5.41, 5.74) is 0.909. The van der Waals surface area contributed by atoms with Crippen LogP contribution in [0.2, 0.25) is 0 Å². The molecule has 0 heterocycles. The first-order valence-electron chi connectivity index (χ1n) is 5.55. The molecule has 1 N–H and O–H groups in total. The van der Waals surface area contributed by atoms with E-state index in [9.17, 15) is 5.11 Å². The monoisotopic (exact) mass is 216 g/mol. The molecule has 0 aliphatic carbocycles. The Morgan fingerprint density at radius 1 is 1.12 bits per heavy atom. The van der Waals surface area contributed by atoms with Gasteiger partial charge in [-0.1, -0.05) is 36.4 Å². The summed E-state index contributed by atoms with van der Waals surface area (Å²) in [6.45, 7) is 2.91. The minimum Gasteiger partial charge on any atom is -0.386 e. The van der Waals surface area contributed by atoms with E-state index in [0.717, 1.165) is 10.9 Å². The minimum absolute atomic E-state index is 0.356. The van der Waals surface area contributed by atoms with Crippen LogP contribution < -0.4 is 0 Å². The molecule has 2 aromatic carbocycles. The van der Waals surface area contributed by atoms with Gasteiger partial charge in [0.15, 0.2) is 0 Å². The molecule has 0 amide bonds. The van der Waals surface area contributed by atoms with E-state index in [1.165, 1.54) is 5.39 Å². The van der Waals surface area contributed by atoms with Crippen molar-refractivity contribution in [2.75, 3.05) is 13.2 Å². The van der Waals surface area contributed by atoms with E-state index in [1.807, 2.05) is 43.3 Å². The van der Waals surface area contributed by atoms with E-state index >= 15 is 0 Å². The zero-order valence-electron chi connectivity index (χ0n) is 9.39. The lowest BCUT2D eigenvalue weighted by molar-refractivity contribution is 0.0421. The van der Waals surface area contributed by atoms with Crippen LogP contribution in [-0.2, 0) is 4.74 Å². The molecule has 0 aliphatic heterocycles. The van der Waals surface area contributed by atoms with Gasteiger partial charge in [0.25, 0.3) is 0 Å². The lowest BCUT2D eigenvalue weighted by Gasteiger charge is -2.11. The number of rotatable bonds is 4. The van der Waals surface area contributed by atoms with Gasteiger partial charge >= 0.3 is 0 Å². The second-order valence-corrected chi connectivity index (χ2v) is 3.78. The molecule has 0 aliphatic rings. The Morgan fingerprint density at radius 2 is 1.88 bits per heavy atom. The molecule has 1 atom stereocenters. The van der Waals surface area contributed by atoms with Crippen molar-refractivity contribution in [2.24, 2.45) is 0 Å². The molecule has 0 spiro atoms. The zero-order chi connectivity index (χ0) is 11.4. The van der Waals surface area contributed by atoms with Gasteiger partial charge in [0.1, 0.15) is 6.10 Å². The Balaban J connectivity index is 2.25. The van der Waals surface area contributed by atoms with Crippen molar-refractivity contribution in [3.8, 4) is 0 Å². The molecule has 84 valence electrons. The molecule has 0 fully saturated rings. The molecule has 0 saturated heterocycles. The van der Waals surface area contributed by atoms with E-state index in [4.69, 9.17) is 4.74 Å². The van der Waals surface area contributed by atoms with Crippen molar-refractivity contribution in [2.45, 2.75) is 13.0 Å². The standard InChI is InChI=1S/C14H16O2/c1-2-16-10-14(15)13-8-7-11-5-3-4-6-12(11)9-13/h3-9,14-15H,2,10H2,1H3. The highest BCUT2D eigenvalue weighted by atomic mass is 16.5. The van der Waals surface area contributed by atoms with Gasteiger partial charge in [0.05, 0.1) is 6.61 Å². The maximum Gasteiger partial charge on any atom is 0.102 e. The maximum atomic E-state index is 9.89. The van der Waals surface area contributed by atoms with Crippen LogP contribution in [0.4, 0.5) is 0 Å². The fraction of sp³-hybridized carbons (Fsp3) is 0.286. The fourth-order valence-corrected chi connectivity index (χ4v) is 1.74. The third-order valence-corrected chi connectivity index (χ3v) is 2.64. The first-order valence-corrected chi connectivity index (χ1v) is 5.55. The van der Waals surface area contributed by atoms with E-state index in [2.05, 4.69) is 6.07 Å². The number of hydrogen-bond acceptors (Lipinski definition) is 2. The molecule has 1 unspecified atom stereocenters. The van der Waals surface area contributed by atoms with Gasteiger partial charge in [-0.15, -0.1) is 0 Å². The molecule has 2 heteroatoms. The number of ether oxygens (including phenoxy) is 1. The summed E-state index contributed by atoms with van der Waals surface area (Å²) in [5.74, 6) is 0. The third-order valence-electron chi connectivity index (χ3n) is 2.64. The predicted octanol–water partition coefficient (Wildman–Crippen LogP) is 2.91. The lowest BCUT2D eigenvalue weighted by Crippen LogP contribution is -2.06. The van der Waals surface area contributed by atoms with Crippen LogP contribution in [0.15, 0.2) is 42.5 Å². The molecule has 0 radical (unpaired) electrons. The number of aliphatic hydroxyl groups excluding tert-OH is 1. The van der Waals surface area contributed by atoms with Crippen LogP contribution in [0.5, 0.6) is 0 Å². The molecular weight excluding hydrogens is 200 g/mol. The second kappa shape index (κ2) is 5.10. The highest BCUT2D eigenvalue weighted by molar-refractivity contribution is 5.83. The normalized spacial score (nSPS) is 12.9. The average molecular weight is 216 g/mol. The number of aliphatic hydroxyl groups is 1. The average Bonchev–Trinajstić information content (AvgIpc) is 2.35. The van der Waals surface area contributed by atoms with Crippen LogP contribution in [-0.4, -0.2) is 18.3 Å². The summed E-state index contributed by atoms with van der Waals surface area (Å²) < 4.78 is 5.21. The van der Waals surface area contributed by atoms with Gasteiger partial charge in [-0.3, -0.25) is 0 Å². The molecule has 2 rings (SSSR count). The van der Waals surface area contributed by atoms with Crippen molar-refractivity contribution in [3.05, 3.63) is 48.0 Å². The molecule has 0 saturated carbocycles. The van der Waals surface area contributed by atoms with Crippen LogP contribution >= 0.6 is 0 Å². The van der Waals surface area contributed by atoms with Crippen molar-refractivity contribution >= 4 is 10.8 Å². The van der Waals surface area contributed by atoms with E-state index < -0.39 is 6.10 Å². The molecule has 2 aromatic rings. The largest absolute Gasteiger partial charge is 0.386 e. The number of benzene rings is 2. The summed E-state index contributed by atoms with van der Waals surface area (Å²) in [6, 6.07) is 14.1. The highest BCUT2D eigenvalue weighted by Gasteiger charge is 2.07. The molecule has 16 heavy (non-hydrogen) atoms. The highest BCUT2D eigenvalue weighted by Crippen LogP contribution is 2.20. The topological polar surface area (TPSA) is 29.5 Å². The second-order valence-electron chi connectivity index (χ2n) is 3.78. The van der Waals surface area contributed by atoms with E-state index in [0.29, 0.717) is 13.2 Å². The van der Waals surface area contributed by atoms with E-state index in [-0.39, 0.29) is 0 Å². The van der Waals surface area contributed by atoms with Crippen molar-refractivity contribution < 1.29 is 9.84 Å². The number of fused-ring (bicyclic) bond motifs is 1. The van der Waals surface area contributed by atoms with Crippen LogP contribution in [0.25, 0.3) is 10.8 Å². The Labute approximate surface area is 95.5 Å². The van der Waals surface area contributed by atoms with E-state index in [1.54, 1.807) is 0 Å². The van der Waals surface area contributed by atoms with Gasteiger partial charge in [0.2, 0.25) is 0 Å². The third kappa shape index (κ3) is 2.40. The first-order chi connectivity index (χ1) is 7.81. The van der Waals surface area contributed by atoms with Gasteiger partial charge in [-0.25, -0.2) is 0 Å². The van der Waals surface area contributed by atoms with Crippen molar-refractivity contribution in [3.63, 3.8) is 0 Å². The minimum atomic E-state index is -0.537. The lowest BCUT2D eigenvalue weighted by atomic mass is 10.0. The summed E-state index contributed by atoms with van der Waals surface area (Å²) in [5, 5.41) is 12.2. The van der Waals surface area contributed by atoms with Crippen LogP contribution in [0.1, 0.15) is 18.6 Å². The zero-order valence-corrected chi connectivity index (χ0v) is 9.39. The summed E-state index contributed by atoms with van der Waals surface area (Å²) >= 11 is 0. The van der Waals surface area contributed by atoms with Crippen molar-refractivity contribution in [1.29, 1.82) is 0 Å². The van der Waals surface area contributed by atoms with Crippen LogP contribution in [0.3, 0.4) is 0 Å². The van der Waals surface area contributed by atoms with Gasteiger partial charge < -0.3 is 9.84 Å². The summed E-state index contributed by atoms with van der Waals surface area (Å²) in [6.07, 6.45) is -0.537. The quantitative estimate of drug-likeness (QED) is 0.851. The Hall–Kier alpha value is -1.38. The van der Waals surface area contributed by atoms with Gasteiger partial charge in [0, 0.05) is 6.61 Å². The van der Waals surface area contributed by atoms with Gasteiger partial charge in [-0.2, -0.15) is 0 Å². The fourth-order valence-electron chi connectivity index (χ4n) is 1.74. The Kier molecular flexibility index (Phi) is 3.54. The molecule has 2 nitrogen and oxygen atoms in total. The van der Waals surface area contributed by atoms with Crippen LogP contribution in [0, 0.1) is 0 Å². The van der Waals surface area contributed by atoms with Crippen molar-refractivity contribution in [1.82, 2.24) is 0 Å². The molecule has 0 bridgehead atoms.